The molecule has 0 spiro atoms. The topological polar surface area (TPSA) is 49.4 Å². The van der Waals surface area contributed by atoms with Gasteiger partial charge in [-0.05, 0) is 54.8 Å². The molecule has 0 aliphatic carbocycles. The van der Waals surface area contributed by atoms with Crippen molar-refractivity contribution in [1.29, 1.82) is 0 Å². The number of nitrogens with zero attached hydrogens (tertiary/aromatic N) is 1. The van der Waals surface area contributed by atoms with Gasteiger partial charge < -0.3 is 10.2 Å². The Balaban J connectivity index is 1.60. The predicted octanol–water partition coefficient (Wildman–Crippen LogP) is 4.72. The minimum atomic E-state index is -4.43. The van der Waals surface area contributed by atoms with Crippen molar-refractivity contribution in [2.45, 2.75) is 32.0 Å². The summed E-state index contributed by atoms with van der Waals surface area (Å²) in [5.74, 6) is -0.301. The van der Waals surface area contributed by atoms with Gasteiger partial charge in [0, 0.05) is 24.7 Å². The van der Waals surface area contributed by atoms with E-state index in [0.29, 0.717) is 18.5 Å². The van der Waals surface area contributed by atoms with E-state index in [1.807, 2.05) is 12.1 Å². The van der Waals surface area contributed by atoms with E-state index in [1.165, 1.54) is 12.1 Å². The van der Waals surface area contributed by atoms with E-state index in [-0.39, 0.29) is 5.91 Å². The van der Waals surface area contributed by atoms with Crippen molar-refractivity contribution in [2.24, 2.45) is 0 Å². The van der Waals surface area contributed by atoms with Crippen molar-refractivity contribution in [1.82, 2.24) is 5.32 Å². The summed E-state index contributed by atoms with van der Waals surface area (Å²) in [5, 5.41) is 2.66. The third-order valence-electron chi connectivity index (χ3n) is 4.78. The van der Waals surface area contributed by atoms with Gasteiger partial charge in [-0.15, -0.1) is 0 Å². The molecule has 0 saturated carbocycles. The Labute approximate surface area is 167 Å². The monoisotopic (exact) mass is 402 g/mol. The lowest BCUT2D eigenvalue weighted by atomic mass is 10.0. The zero-order valence-corrected chi connectivity index (χ0v) is 15.9. The molecule has 2 aromatic rings. The van der Waals surface area contributed by atoms with Crippen molar-refractivity contribution in [3.8, 4) is 0 Å². The van der Waals surface area contributed by atoms with Gasteiger partial charge in [-0.2, -0.15) is 13.2 Å². The van der Waals surface area contributed by atoms with E-state index in [0.717, 1.165) is 29.8 Å². The number of hydrogen-bond acceptors (Lipinski definition) is 2. The number of anilines is 1. The van der Waals surface area contributed by atoms with Crippen LogP contribution in [0.2, 0.25) is 0 Å². The average Bonchev–Trinajstić information content (AvgIpc) is 3.12. The number of hydrogen-bond donors (Lipinski definition) is 1. The second-order valence-electron chi connectivity index (χ2n) is 6.93. The zero-order chi connectivity index (χ0) is 21.0. The van der Waals surface area contributed by atoms with E-state index in [4.69, 9.17) is 0 Å². The highest BCUT2D eigenvalue weighted by Crippen LogP contribution is 2.30. The number of carbonyl (C=O) groups is 2. The summed E-state index contributed by atoms with van der Waals surface area (Å²) in [4.78, 5) is 25.6. The van der Waals surface area contributed by atoms with Gasteiger partial charge in [0.2, 0.25) is 11.8 Å². The van der Waals surface area contributed by atoms with Gasteiger partial charge in [0.25, 0.3) is 0 Å². The molecule has 152 valence electrons. The molecule has 1 N–H and O–H groups in total. The molecule has 3 rings (SSSR count). The van der Waals surface area contributed by atoms with Crippen LogP contribution in [0.25, 0.3) is 6.08 Å². The summed E-state index contributed by atoms with van der Waals surface area (Å²) in [7, 11) is 0. The fourth-order valence-corrected chi connectivity index (χ4v) is 3.19. The maximum Gasteiger partial charge on any atom is 0.416 e. The molecule has 1 aliphatic rings. The maximum atomic E-state index is 12.8. The van der Waals surface area contributed by atoms with Gasteiger partial charge in [-0.1, -0.05) is 24.3 Å². The summed E-state index contributed by atoms with van der Waals surface area (Å²) in [6.45, 7) is 2.34. The molecule has 29 heavy (non-hydrogen) atoms. The third-order valence-corrected chi connectivity index (χ3v) is 4.78. The second kappa shape index (κ2) is 8.51. The first-order valence-electron chi connectivity index (χ1n) is 9.30. The van der Waals surface area contributed by atoms with Gasteiger partial charge in [-0.3, -0.25) is 9.59 Å². The molecule has 1 aliphatic heterocycles. The Morgan fingerprint density at radius 2 is 1.90 bits per heavy atom. The van der Waals surface area contributed by atoms with Crippen LogP contribution in [0.4, 0.5) is 18.9 Å². The first kappa shape index (κ1) is 20.6. The molecule has 1 fully saturated rings. The Hall–Kier alpha value is -3.09. The lowest BCUT2D eigenvalue weighted by molar-refractivity contribution is -0.137. The van der Waals surface area contributed by atoms with Crippen LogP contribution in [0, 0.1) is 0 Å². The van der Waals surface area contributed by atoms with Crippen LogP contribution in [0.1, 0.15) is 42.5 Å². The molecular weight excluding hydrogens is 381 g/mol. The summed E-state index contributed by atoms with van der Waals surface area (Å²) >= 11 is 0. The third kappa shape index (κ3) is 5.25. The molecule has 4 nitrogen and oxygen atoms in total. The molecule has 1 saturated heterocycles. The second-order valence-corrected chi connectivity index (χ2v) is 6.93. The van der Waals surface area contributed by atoms with Crippen LogP contribution in [0.3, 0.4) is 0 Å². The van der Waals surface area contributed by atoms with Crippen molar-refractivity contribution < 1.29 is 22.8 Å². The van der Waals surface area contributed by atoms with Crippen LogP contribution in [-0.2, 0) is 15.8 Å². The fraction of sp³-hybridized carbons (Fsp3) is 0.273. The van der Waals surface area contributed by atoms with Gasteiger partial charge in [-0.25, -0.2) is 0 Å². The van der Waals surface area contributed by atoms with Gasteiger partial charge in [0.1, 0.15) is 0 Å². The highest BCUT2D eigenvalue weighted by atomic mass is 19.4. The van der Waals surface area contributed by atoms with E-state index < -0.39 is 23.7 Å². The van der Waals surface area contributed by atoms with E-state index in [2.05, 4.69) is 5.32 Å². The summed E-state index contributed by atoms with van der Waals surface area (Å²) in [6, 6.07) is 11.6. The van der Waals surface area contributed by atoms with Crippen molar-refractivity contribution in [3.63, 3.8) is 0 Å². The number of carbonyl (C=O) groups excluding carboxylic acids is 2. The molecule has 1 heterocycles. The largest absolute Gasteiger partial charge is 0.416 e. The lowest BCUT2D eigenvalue weighted by Crippen LogP contribution is -2.25. The normalized spacial score (nSPS) is 15.7. The molecule has 1 atom stereocenters. The summed E-state index contributed by atoms with van der Waals surface area (Å²) < 4.78 is 38.5. The summed E-state index contributed by atoms with van der Waals surface area (Å²) in [6.07, 6.45) is -0.0635. The van der Waals surface area contributed by atoms with Crippen LogP contribution >= 0.6 is 0 Å². The van der Waals surface area contributed by atoms with Crippen molar-refractivity contribution >= 4 is 23.6 Å². The molecule has 0 aromatic heterocycles. The first-order valence-corrected chi connectivity index (χ1v) is 9.30. The quantitative estimate of drug-likeness (QED) is 0.736. The minimum Gasteiger partial charge on any atom is -0.346 e. The Kier molecular flexibility index (Phi) is 6.06. The average molecular weight is 402 g/mol. The van der Waals surface area contributed by atoms with E-state index >= 15 is 0 Å². The number of rotatable bonds is 5. The lowest BCUT2D eigenvalue weighted by Gasteiger charge is -2.16. The van der Waals surface area contributed by atoms with Gasteiger partial charge >= 0.3 is 6.18 Å². The van der Waals surface area contributed by atoms with Crippen molar-refractivity contribution in [2.75, 3.05) is 11.4 Å². The van der Waals surface area contributed by atoms with Crippen LogP contribution in [0.5, 0.6) is 0 Å². The SMILES string of the molecule is CC(NC(=O)/C=C/c1ccc(N2CCCC2=O)cc1)c1cccc(C(F)(F)F)c1. The molecule has 0 radical (unpaired) electrons. The number of halogens is 3. The Morgan fingerprint density at radius 3 is 2.52 bits per heavy atom. The zero-order valence-electron chi connectivity index (χ0n) is 15.9. The van der Waals surface area contributed by atoms with E-state index in [9.17, 15) is 22.8 Å². The molecule has 0 bridgehead atoms. The highest BCUT2D eigenvalue weighted by Gasteiger charge is 2.30. The predicted molar refractivity (Wildman–Crippen MR) is 105 cm³/mol. The highest BCUT2D eigenvalue weighted by molar-refractivity contribution is 5.95. The standard InChI is InChI=1S/C22H21F3N2O2/c1-15(17-4-2-5-18(14-17)22(23,24)25)26-20(28)12-9-16-7-10-19(11-8-16)27-13-3-6-21(27)29/h2,4-5,7-12,14-15H,3,6,13H2,1H3,(H,26,28)/b12-9+. The maximum absolute atomic E-state index is 12.8. The molecule has 1 unspecified atom stereocenters. The van der Waals surface area contributed by atoms with Crippen LogP contribution in [0.15, 0.2) is 54.6 Å². The Morgan fingerprint density at radius 1 is 1.17 bits per heavy atom. The van der Waals surface area contributed by atoms with Crippen LogP contribution in [-0.4, -0.2) is 18.4 Å². The number of amides is 2. The molecule has 2 amide bonds. The Bertz CT molecular complexity index is 920. The van der Waals surface area contributed by atoms with Crippen LogP contribution < -0.4 is 10.2 Å². The smallest absolute Gasteiger partial charge is 0.346 e. The van der Waals surface area contributed by atoms with Crippen molar-refractivity contribution in [3.05, 3.63) is 71.3 Å². The summed E-state index contributed by atoms with van der Waals surface area (Å²) in [5.41, 5.74) is 1.24. The number of alkyl halides is 3. The van der Waals surface area contributed by atoms with Gasteiger partial charge in [0.05, 0.1) is 11.6 Å². The van der Waals surface area contributed by atoms with E-state index in [1.54, 1.807) is 36.1 Å². The van der Waals surface area contributed by atoms with Gasteiger partial charge in [0.15, 0.2) is 0 Å². The number of benzene rings is 2. The molecule has 2 aromatic carbocycles. The number of nitrogens with one attached hydrogen (secondary N) is 1. The molecule has 7 heteroatoms. The molecular formula is C22H21F3N2O2. The fourth-order valence-electron chi connectivity index (χ4n) is 3.19. The minimum absolute atomic E-state index is 0.108. The first-order chi connectivity index (χ1) is 13.7.